The smallest absolute Gasteiger partial charge is 0.158 e. The van der Waals surface area contributed by atoms with Gasteiger partial charge in [-0.1, -0.05) is 12.2 Å². The van der Waals surface area contributed by atoms with Crippen molar-refractivity contribution >= 4 is 28.6 Å². The number of rotatable bonds is 2. The number of thiocarbonyl (C=S) groups is 1. The minimum absolute atomic E-state index is 0. The molecule has 0 atom stereocenters. The van der Waals surface area contributed by atoms with Gasteiger partial charge in [0.2, 0.25) is 0 Å². The van der Waals surface area contributed by atoms with Gasteiger partial charge < -0.3 is 9.92 Å². The predicted octanol–water partition coefficient (Wildman–Crippen LogP) is 0.912. The van der Waals surface area contributed by atoms with E-state index in [1.165, 1.54) is 0 Å². The summed E-state index contributed by atoms with van der Waals surface area (Å²) < 4.78 is 5.08. The van der Waals surface area contributed by atoms with Crippen LogP contribution in [-0.4, -0.2) is 10.9 Å². The van der Waals surface area contributed by atoms with Gasteiger partial charge in [-0.3, -0.25) is 0 Å². The van der Waals surface area contributed by atoms with Gasteiger partial charge in [0.05, 0.1) is 18.6 Å². The molecule has 0 aromatic carbocycles. The molecule has 0 fully saturated rings. The number of hydrogen-bond donors (Lipinski definition) is 1. The van der Waals surface area contributed by atoms with Crippen molar-refractivity contribution in [3.63, 3.8) is 0 Å². The molecule has 0 bridgehead atoms. The Morgan fingerprint density at radius 1 is 1.88 bits per heavy atom. The van der Waals surface area contributed by atoms with Crippen LogP contribution >= 0.6 is 24.3 Å². The van der Waals surface area contributed by atoms with Gasteiger partial charge >= 0.3 is 0 Å². The minimum Gasteiger partial charge on any atom is -0.383 e. The Morgan fingerprint density at radius 2 is 2.38 bits per heavy atom. The number of hydrogen-bond acceptors (Lipinski definition) is 3. The Hall–Kier alpha value is 0.940. The Balaban J connectivity index is 0. The molecule has 0 amide bonds. The van der Waals surface area contributed by atoms with Gasteiger partial charge in [-0.2, -0.15) is 0 Å². The number of nitrogens with two attached hydrogens (primary N) is 1. The summed E-state index contributed by atoms with van der Waals surface area (Å²) in [4.78, 5) is 0. The first-order chi connectivity index (χ1) is 3.27. The minimum atomic E-state index is 0. The SMILES string of the molecule is CCOSC(N)=S.[Ag]. The molecule has 2 nitrogen and oxygen atoms in total. The zero-order valence-corrected chi connectivity index (χ0v) is 7.43. The molecular weight excluding hydrogens is 238 g/mol. The molecule has 0 rings (SSSR count). The van der Waals surface area contributed by atoms with Crippen LogP contribution in [0.15, 0.2) is 0 Å². The third-order valence-corrected chi connectivity index (χ3v) is 0.981. The van der Waals surface area contributed by atoms with E-state index >= 15 is 0 Å². The Labute approximate surface area is 74.2 Å². The molecule has 0 aliphatic carbocycles. The van der Waals surface area contributed by atoms with E-state index < -0.39 is 0 Å². The third kappa shape index (κ3) is 10.0. The second kappa shape index (κ2) is 7.94. The van der Waals surface area contributed by atoms with Gasteiger partial charge in [0.15, 0.2) is 4.32 Å². The Bertz CT molecular complexity index is 70.3. The first-order valence-electron chi connectivity index (χ1n) is 1.86. The van der Waals surface area contributed by atoms with Gasteiger partial charge in [0.25, 0.3) is 0 Å². The van der Waals surface area contributed by atoms with E-state index in [4.69, 9.17) is 9.92 Å². The Kier molecular flexibility index (Phi) is 11.6. The molecule has 0 unspecified atom stereocenters. The van der Waals surface area contributed by atoms with Crippen LogP contribution in [0.2, 0.25) is 0 Å². The monoisotopic (exact) mass is 244 g/mol. The molecule has 0 heterocycles. The molecule has 0 saturated heterocycles. The van der Waals surface area contributed by atoms with E-state index in [0.717, 1.165) is 12.0 Å². The molecule has 2 N–H and O–H groups in total. The third-order valence-electron chi connectivity index (χ3n) is 0.259. The second-order valence-electron chi connectivity index (χ2n) is 0.809. The van der Waals surface area contributed by atoms with E-state index in [-0.39, 0.29) is 22.4 Å². The van der Waals surface area contributed by atoms with Crippen LogP contribution in [0.5, 0.6) is 0 Å². The van der Waals surface area contributed by atoms with Crippen molar-refractivity contribution in [2.75, 3.05) is 6.61 Å². The van der Waals surface area contributed by atoms with Crippen LogP contribution < -0.4 is 5.73 Å². The van der Waals surface area contributed by atoms with E-state index in [1.54, 1.807) is 0 Å². The molecule has 0 aromatic heterocycles. The van der Waals surface area contributed by atoms with E-state index in [1.807, 2.05) is 6.92 Å². The first-order valence-corrected chi connectivity index (χ1v) is 3.01. The summed E-state index contributed by atoms with van der Waals surface area (Å²) in [5, 5.41) is 0. The molecule has 0 aromatic rings. The Morgan fingerprint density at radius 3 is 2.50 bits per heavy atom. The van der Waals surface area contributed by atoms with E-state index in [9.17, 15) is 0 Å². The summed E-state index contributed by atoms with van der Waals surface area (Å²) in [5.74, 6) is 0. The van der Waals surface area contributed by atoms with E-state index in [0.29, 0.717) is 10.9 Å². The van der Waals surface area contributed by atoms with Crippen molar-refractivity contribution in [3.05, 3.63) is 0 Å². The van der Waals surface area contributed by atoms with Crippen LogP contribution in [0.4, 0.5) is 0 Å². The van der Waals surface area contributed by atoms with Crippen molar-refractivity contribution in [1.82, 2.24) is 0 Å². The fourth-order valence-corrected chi connectivity index (χ4v) is 0.495. The molecule has 5 heteroatoms. The van der Waals surface area contributed by atoms with Gasteiger partial charge in [-0.25, -0.2) is 0 Å². The largest absolute Gasteiger partial charge is 0.383 e. The van der Waals surface area contributed by atoms with Crippen molar-refractivity contribution in [1.29, 1.82) is 0 Å². The zero-order chi connectivity index (χ0) is 5.70. The van der Waals surface area contributed by atoms with Gasteiger partial charge in [-0.05, 0) is 6.92 Å². The first kappa shape index (κ1) is 11.7. The summed E-state index contributed by atoms with van der Waals surface area (Å²) in [6.07, 6.45) is 0. The molecule has 0 aliphatic heterocycles. The average molecular weight is 245 g/mol. The van der Waals surface area contributed by atoms with Crippen LogP contribution in [0, 0.1) is 0 Å². The summed E-state index contributed by atoms with van der Waals surface area (Å²) >= 11 is 5.52. The van der Waals surface area contributed by atoms with Gasteiger partial charge in [0.1, 0.15) is 0 Å². The summed E-state index contributed by atoms with van der Waals surface area (Å²) in [6.45, 7) is 2.52. The fourth-order valence-electron chi connectivity index (χ4n) is 0.117. The molecule has 1 radical (unpaired) electrons. The maximum Gasteiger partial charge on any atom is 0.158 e. The molecular formula is C3H7AgNOS2. The van der Waals surface area contributed by atoms with Crippen LogP contribution in [-0.2, 0) is 26.6 Å². The summed E-state index contributed by atoms with van der Waals surface area (Å²) in [5.41, 5.74) is 5.05. The molecule has 8 heavy (non-hydrogen) atoms. The fraction of sp³-hybridized carbons (Fsp3) is 0.667. The standard InChI is InChI=1S/C3H7NOS2.Ag/c1-2-5-7-3(4)6;/h2H2,1H3,(H2,4,6);. The molecule has 53 valence electrons. The van der Waals surface area contributed by atoms with Gasteiger partial charge in [-0.15, -0.1) is 0 Å². The molecule has 0 aliphatic rings. The molecule has 0 spiro atoms. The topological polar surface area (TPSA) is 35.2 Å². The summed E-state index contributed by atoms with van der Waals surface area (Å²) in [7, 11) is 0. The van der Waals surface area contributed by atoms with Crippen molar-refractivity contribution < 1.29 is 26.6 Å². The van der Waals surface area contributed by atoms with Gasteiger partial charge in [0, 0.05) is 22.4 Å². The second-order valence-corrected chi connectivity index (χ2v) is 2.35. The molecule has 0 saturated carbocycles. The predicted molar refractivity (Wildman–Crippen MR) is 36.0 cm³/mol. The quantitative estimate of drug-likeness (QED) is 0.445. The van der Waals surface area contributed by atoms with Crippen LogP contribution in [0.25, 0.3) is 0 Å². The maximum atomic E-state index is 5.05. The van der Waals surface area contributed by atoms with Crippen LogP contribution in [0.1, 0.15) is 6.92 Å². The average Bonchev–Trinajstić information content (AvgIpc) is 1.61. The zero-order valence-electron chi connectivity index (χ0n) is 4.31. The maximum absolute atomic E-state index is 5.05. The van der Waals surface area contributed by atoms with Crippen molar-refractivity contribution in [2.45, 2.75) is 6.92 Å². The van der Waals surface area contributed by atoms with Crippen molar-refractivity contribution in [3.8, 4) is 0 Å². The normalized spacial score (nSPS) is 7.62. The van der Waals surface area contributed by atoms with Crippen molar-refractivity contribution in [2.24, 2.45) is 5.73 Å². The van der Waals surface area contributed by atoms with Crippen LogP contribution in [0.3, 0.4) is 0 Å². The van der Waals surface area contributed by atoms with E-state index in [2.05, 4.69) is 12.2 Å². The summed E-state index contributed by atoms with van der Waals surface area (Å²) in [6, 6.07) is 0.